The number of likely N-dealkylation sites (tertiary alicyclic amines) is 2. The molecule has 4 atom stereocenters. The fraction of sp³-hybridized carbons (Fsp3) is 0.655. The number of nitrogens with zero attached hydrogens (tertiary/aromatic N) is 4. The standard InChI is InChI=1S/C29H36N6O6/c1-27(2,3)21(32-26(39)40-18-6-7-18)24(37)34-12-10-28(8-9-28)14-19(34)23(36)35-16-29(13-17(35)15-30)25(38)33-22-20(41-29)5-4-11-31-22/h4-5,11,17-19,21H,6-10,12-14,16H2,1-3H3,(H,32,39)(H,31,33,38)/t17-,19-,21+,29+/m0/s1. The molecule has 0 unspecified atom stereocenters. The van der Waals surface area contributed by atoms with E-state index in [4.69, 9.17) is 9.47 Å². The largest absolute Gasteiger partial charge is 0.472 e. The number of carbonyl (C=O) groups excluding carboxylic acids is 4. The van der Waals surface area contributed by atoms with E-state index in [-0.39, 0.29) is 36.3 Å². The number of piperidine rings is 1. The molecule has 3 aliphatic heterocycles. The molecule has 2 spiro atoms. The summed E-state index contributed by atoms with van der Waals surface area (Å²) in [6, 6.07) is 2.90. The minimum Gasteiger partial charge on any atom is -0.472 e. The summed E-state index contributed by atoms with van der Waals surface area (Å²) in [5.41, 5.74) is -2.09. The van der Waals surface area contributed by atoms with Gasteiger partial charge in [-0.1, -0.05) is 20.8 Å². The highest BCUT2D eigenvalue weighted by atomic mass is 16.6. The monoisotopic (exact) mass is 564 g/mol. The average molecular weight is 565 g/mol. The number of aromatic nitrogens is 1. The minimum absolute atomic E-state index is 0.000393. The minimum atomic E-state index is -1.44. The molecule has 5 aliphatic rings. The number of carbonyl (C=O) groups is 4. The van der Waals surface area contributed by atoms with Crippen molar-refractivity contribution in [2.75, 3.05) is 18.4 Å². The van der Waals surface area contributed by atoms with Crippen LogP contribution in [0, 0.1) is 22.2 Å². The maximum absolute atomic E-state index is 14.3. The number of amides is 4. The van der Waals surface area contributed by atoms with Crippen LogP contribution in [-0.4, -0.2) is 81.5 Å². The van der Waals surface area contributed by atoms with Gasteiger partial charge in [0.25, 0.3) is 5.91 Å². The molecule has 0 aromatic carbocycles. The Labute approximate surface area is 238 Å². The molecule has 0 bridgehead atoms. The van der Waals surface area contributed by atoms with Gasteiger partial charge in [0.15, 0.2) is 11.6 Å². The Morgan fingerprint density at radius 2 is 1.98 bits per heavy atom. The SMILES string of the molecule is CC(C)(C)[C@H](NC(=O)OC1CC1)C(=O)N1CCC2(CC2)C[C@H]1C(=O)N1C[C@@]2(C[C@H]1C#N)Oc1cccnc1NC2=O. The Hall–Kier alpha value is -3.88. The molecule has 0 radical (unpaired) electrons. The lowest BCUT2D eigenvalue weighted by atomic mass is 9.82. The Balaban J connectivity index is 1.26. The number of alkyl carbamates (subject to hydrolysis) is 1. The van der Waals surface area contributed by atoms with Crippen molar-refractivity contribution >= 4 is 29.6 Å². The van der Waals surface area contributed by atoms with Gasteiger partial charge in [0.2, 0.25) is 17.4 Å². The van der Waals surface area contributed by atoms with Crippen LogP contribution in [0.15, 0.2) is 18.3 Å². The summed E-state index contributed by atoms with van der Waals surface area (Å²) in [5, 5.41) is 15.6. The molecule has 4 amide bonds. The predicted molar refractivity (Wildman–Crippen MR) is 144 cm³/mol. The molecule has 12 nitrogen and oxygen atoms in total. The molecule has 2 saturated heterocycles. The van der Waals surface area contributed by atoms with Gasteiger partial charge >= 0.3 is 6.09 Å². The summed E-state index contributed by atoms with van der Waals surface area (Å²) >= 11 is 0. The second-order valence-corrected chi connectivity index (χ2v) is 13.3. The van der Waals surface area contributed by atoms with E-state index < -0.39 is 41.1 Å². The van der Waals surface area contributed by atoms with Gasteiger partial charge in [0, 0.05) is 19.2 Å². The molecular weight excluding hydrogens is 528 g/mol. The number of ether oxygens (including phenoxy) is 2. The smallest absolute Gasteiger partial charge is 0.408 e. The van der Waals surface area contributed by atoms with Crippen molar-refractivity contribution in [2.45, 2.75) is 95.5 Å². The normalized spacial score (nSPS) is 28.7. The quantitative estimate of drug-likeness (QED) is 0.565. The summed E-state index contributed by atoms with van der Waals surface area (Å²) in [6.07, 6.45) is 5.62. The number of rotatable bonds is 4. The molecule has 6 rings (SSSR count). The number of anilines is 1. The molecule has 2 aliphatic carbocycles. The van der Waals surface area contributed by atoms with Crippen LogP contribution < -0.4 is 15.4 Å². The van der Waals surface area contributed by atoms with E-state index in [9.17, 15) is 24.4 Å². The van der Waals surface area contributed by atoms with Crippen LogP contribution in [-0.2, 0) is 19.1 Å². The molecule has 1 aromatic rings. The Bertz CT molecular complexity index is 1330. The Kier molecular flexibility index (Phi) is 6.39. The van der Waals surface area contributed by atoms with Gasteiger partial charge in [-0.3, -0.25) is 14.4 Å². The summed E-state index contributed by atoms with van der Waals surface area (Å²) in [4.78, 5) is 61.3. The van der Waals surface area contributed by atoms with E-state index in [1.165, 1.54) is 11.1 Å². The van der Waals surface area contributed by atoms with Gasteiger partial charge in [0.1, 0.15) is 24.2 Å². The first-order valence-electron chi connectivity index (χ1n) is 14.4. The second kappa shape index (κ2) is 9.60. The highest BCUT2D eigenvalue weighted by molar-refractivity contribution is 6.01. The maximum Gasteiger partial charge on any atom is 0.408 e. The first-order chi connectivity index (χ1) is 19.4. The maximum atomic E-state index is 14.3. The molecular formula is C29H36N6O6. The summed E-state index contributed by atoms with van der Waals surface area (Å²) in [7, 11) is 0. The Morgan fingerprint density at radius 1 is 1.22 bits per heavy atom. The lowest BCUT2D eigenvalue weighted by molar-refractivity contribution is -0.152. The van der Waals surface area contributed by atoms with E-state index in [1.807, 2.05) is 20.8 Å². The topological polar surface area (TPSA) is 154 Å². The van der Waals surface area contributed by atoms with Crippen molar-refractivity contribution in [2.24, 2.45) is 10.8 Å². The third-order valence-corrected chi connectivity index (χ3v) is 9.06. The van der Waals surface area contributed by atoms with Crippen LogP contribution in [0.1, 0.15) is 65.7 Å². The highest BCUT2D eigenvalue weighted by Gasteiger charge is 2.59. The zero-order valence-corrected chi connectivity index (χ0v) is 23.6. The van der Waals surface area contributed by atoms with Crippen LogP contribution in [0.25, 0.3) is 0 Å². The van der Waals surface area contributed by atoms with E-state index in [0.29, 0.717) is 24.5 Å². The molecule has 1 aromatic heterocycles. The highest BCUT2D eigenvalue weighted by Crippen LogP contribution is 2.55. The number of pyridine rings is 1. The van der Waals surface area contributed by atoms with Crippen LogP contribution in [0.5, 0.6) is 5.75 Å². The third kappa shape index (κ3) is 5.06. The van der Waals surface area contributed by atoms with Gasteiger partial charge in [-0.25, -0.2) is 9.78 Å². The predicted octanol–water partition coefficient (Wildman–Crippen LogP) is 2.35. The first kappa shape index (κ1) is 27.3. The van der Waals surface area contributed by atoms with E-state index in [0.717, 1.165) is 32.1 Å². The molecule has 218 valence electrons. The van der Waals surface area contributed by atoms with Crippen molar-refractivity contribution in [1.82, 2.24) is 20.1 Å². The number of nitriles is 1. The van der Waals surface area contributed by atoms with Gasteiger partial charge < -0.3 is 29.9 Å². The molecule has 2 saturated carbocycles. The van der Waals surface area contributed by atoms with Gasteiger partial charge in [-0.2, -0.15) is 5.26 Å². The molecule has 4 heterocycles. The lowest BCUT2D eigenvalue weighted by Crippen LogP contribution is -2.62. The van der Waals surface area contributed by atoms with Crippen molar-refractivity contribution in [3.05, 3.63) is 18.3 Å². The Morgan fingerprint density at radius 3 is 2.63 bits per heavy atom. The number of nitrogens with one attached hydrogen (secondary N) is 2. The van der Waals surface area contributed by atoms with Crippen LogP contribution >= 0.6 is 0 Å². The van der Waals surface area contributed by atoms with Gasteiger partial charge in [-0.05, 0) is 61.5 Å². The van der Waals surface area contributed by atoms with Crippen molar-refractivity contribution in [3.63, 3.8) is 0 Å². The van der Waals surface area contributed by atoms with Crippen molar-refractivity contribution in [3.8, 4) is 11.8 Å². The molecule has 4 fully saturated rings. The third-order valence-electron chi connectivity index (χ3n) is 9.06. The van der Waals surface area contributed by atoms with Crippen LogP contribution in [0.2, 0.25) is 0 Å². The zero-order chi connectivity index (χ0) is 29.2. The number of fused-ring (bicyclic) bond motifs is 1. The van der Waals surface area contributed by atoms with Crippen molar-refractivity contribution in [1.29, 1.82) is 5.26 Å². The average Bonchev–Trinajstić information content (AvgIpc) is 3.86. The van der Waals surface area contributed by atoms with E-state index in [2.05, 4.69) is 21.7 Å². The summed E-state index contributed by atoms with van der Waals surface area (Å²) < 4.78 is 11.5. The second-order valence-electron chi connectivity index (χ2n) is 13.3. The fourth-order valence-electron chi connectivity index (χ4n) is 6.25. The number of hydrogen-bond donors (Lipinski definition) is 2. The fourth-order valence-corrected chi connectivity index (χ4v) is 6.25. The first-order valence-corrected chi connectivity index (χ1v) is 14.4. The van der Waals surface area contributed by atoms with Crippen molar-refractivity contribution < 1.29 is 28.7 Å². The number of hydrogen-bond acceptors (Lipinski definition) is 8. The van der Waals surface area contributed by atoms with Crippen LogP contribution in [0.3, 0.4) is 0 Å². The summed E-state index contributed by atoms with van der Waals surface area (Å²) in [5.74, 6) is -0.521. The molecule has 41 heavy (non-hydrogen) atoms. The van der Waals surface area contributed by atoms with Gasteiger partial charge in [-0.15, -0.1) is 0 Å². The lowest BCUT2D eigenvalue weighted by Gasteiger charge is -2.44. The van der Waals surface area contributed by atoms with E-state index in [1.54, 1.807) is 17.0 Å². The van der Waals surface area contributed by atoms with Crippen LogP contribution in [0.4, 0.5) is 10.6 Å². The zero-order valence-electron chi connectivity index (χ0n) is 23.6. The molecule has 2 N–H and O–H groups in total. The molecule has 12 heteroatoms. The van der Waals surface area contributed by atoms with E-state index >= 15 is 0 Å². The summed E-state index contributed by atoms with van der Waals surface area (Å²) in [6.45, 7) is 5.82. The van der Waals surface area contributed by atoms with Gasteiger partial charge in [0.05, 0.1) is 12.6 Å².